The van der Waals surface area contributed by atoms with Crippen molar-refractivity contribution in [1.82, 2.24) is 0 Å². The number of anilines is 1. The molecule has 0 atom stereocenters. The van der Waals surface area contributed by atoms with Gasteiger partial charge in [0.05, 0.1) is 5.69 Å². The maximum atomic E-state index is 10.9. The molecular formula is C22H15NO3. The molecule has 3 aromatic carbocycles. The van der Waals surface area contributed by atoms with Crippen molar-refractivity contribution >= 4 is 18.5 Å². The fraction of sp³-hybridized carbons (Fsp3) is 0. The second-order valence-electron chi connectivity index (χ2n) is 5.36. The minimum Gasteiger partial charge on any atom is -0.457 e. The van der Waals surface area contributed by atoms with Crippen LogP contribution in [0.2, 0.25) is 0 Å². The van der Waals surface area contributed by atoms with Gasteiger partial charge in [-0.25, -0.2) is 0 Å². The average Bonchev–Trinajstić information content (AvgIpc) is 2.69. The summed E-state index contributed by atoms with van der Waals surface area (Å²) in [6.45, 7) is 0. The Balaban J connectivity index is 1.79. The summed E-state index contributed by atoms with van der Waals surface area (Å²) in [4.78, 5) is 22.7. The Kier molecular flexibility index (Phi) is 5.44. The normalized spacial score (nSPS) is 9.54. The van der Waals surface area contributed by atoms with E-state index in [2.05, 4.69) is 11.8 Å². The Morgan fingerprint density at radius 2 is 1.31 bits per heavy atom. The molecule has 0 heterocycles. The molecule has 0 saturated heterocycles. The van der Waals surface area contributed by atoms with Gasteiger partial charge < -0.3 is 4.74 Å². The van der Waals surface area contributed by atoms with Crippen LogP contribution in [0.25, 0.3) is 0 Å². The van der Waals surface area contributed by atoms with Crippen LogP contribution in [-0.4, -0.2) is 12.8 Å². The summed E-state index contributed by atoms with van der Waals surface area (Å²) in [6, 6.07) is 23.9. The smallest absolute Gasteiger partial charge is 0.220 e. The van der Waals surface area contributed by atoms with Gasteiger partial charge in [-0.2, -0.15) is 0 Å². The molecule has 0 radical (unpaired) electrons. The molecule has 4 heteroatoms. The summed E-state index contributed by atoms with van der Waals surface area (Å²) >= 11 is 0. The third kappa shape index (κ3) is 4.37. The third-order valence-electron chi connectivity index (χ3n) is 3.54. The second kappa shape index (κ2) is 8.32. The van der Waals surface area contributed by atoms with Crippen LogP contribution in [-0.2, 0) is 9.59 Å². The van der Waals surface area contributed by atoms with Gasteiger partial charge in [-0.1, -0.05) is 42.2 Å². The molecule has 0 unspecified atom stereocenters. The second-order valence-corrected chi connectivity index (χ2v) is 5.36. The van der Waals surface area contributed by atoms with E-state index >= 15 is 0 Å². The van der Waals surface area contributed by atoms with Crippen LogP contribution in [0.3, 0.4) is 0 Å². The van der Waals surface area contributed by atoms with E-state index in [1.54, 1.807) is 24.3 Å². The molecule has 4 nitrogen and oxygen atoms in total. The van der Waals surface area contributed by atoms with Crippen LogP contribution >= 0.6 is 0 Å². The quantitative estimate of drug-likeness (QED) is 0.520. The molecule has 0 saturated carbocycles. The number of ether oxygens (including phenoxy) is 1. The first kappa shape index (κ1) is 17.0. The number of benzene rings is 3. The van der Waals surface area contributed by atoms with Crippen molar-refractivity contribution < 1.29 is 14.3 Å². The van der Waals surface area contributed by atoms with E-state index < -0.39 is 0 Å². The van der Waals surface area contributed by atoms with Crippen LogP contribution in [0.15, 0.2) is 78.9 Å². The van der Waals surface area contributed by atoms with Crippen molar-refractivity contribution in [2.24, 2.45) is 0 Å². The molecule has 0 N–H and O–H groups in total. The van der Waals surface area contributed by atoms with E-state index in [1.165, 1.54) is 0 Å². The van der Waals surface area contributed by atoms with E-state index in [0.717, 1.165) is 16.0 Å². The monoisotopic (exact) mass is 341 g/mol. The molecule has 2 amide bonds. The van der Waals surface area contributed by atoms with Gasteiger partial charge >= 0.3 is 0 Å². The van der Waals surface area contributed by atoms with E-state index in [-0.39, 0.29) is 0 Å². The first-order valence-electron chi connectivity index (χ1n) is 7.92. The van der Waals surface area contributed by atoms with Crippen LogP contribution in [0.1, 0.15) is 11.1 Å². The maximum Gasteiger partial charge on any atom is 0.220 e. The standard InChI is InChI=1S/C22H15NO3/c24-16-23(17-25)20-9-5-11-22(15-20)26-21-10-4-8-19(14-21)13-12-18-6-2-1-3-7-18/h1-11,14-17H. The molecule has 0 aromatic heterocycles. The molecule has 0 aliphatic rings. The highest BCUT2D eigenvalue weighted by molar-refractivity contribution is 5.95. The fourth-order valence-electron chi connectivity index (χ4n) is 2.29. The number of amides is 2. The maximum absolute atomic E-state index is 10.9. The summed E-state index contributed by atoms with van der Waals surface area (Å²) in [7, 11) is 0. The Bertz CT molecular complexity index is 963. The Morgan fingerprint density at radius 3 is 2.04 bits per heavy atom. The van der Waals surface area contributed by atoms with Crippen LogP contribution in [0.4, 0.5) is 5.69 Å². The van der Waals surface area contributed by atoms with Crippen LogP contribution < -0.4 is 9.64 Å². The highest BCUT2D eigenvalue weighted by Crippen LogP contribution is 2.25. The van der Waals surface area contributed by atoms with Gasteiger partial charge in [0.2, 0.25) is 12.8 Å². The fourth-order valence-corrected chi connectivity index (χ4v) is 2.29. The summed E-state index contributed by atoms with van der Waals surface area (Å²) in [5, 5.41) is 0. The van der Waals surface area contributed by atoms with Crippen LogP contribution in [0.5, 0.6) is 11.5 Å². The molecule has 3 aromatic rings. The van der Waals surface area contributed by atoms with Crippen molar-refractivity contribution in [3.8, 4) is 23.3 Å². The first-order chi connectivity index (χ1) is 12.8. The number of carbonyl (C=O) groups is 2. The first-order valence-corrected chi connectivity index (χ1v) is 7.92. The van der Waals surface area contributed by atoms with Gasteiger partial charge in [0, 0.05) is 17.2 Å². The number of carbonyl (C=O) groups excluding carboxylic acids is 2. The summed E-state index contributed by atoms with van der Waals surface area (Å²) in [6.07, 6.45) is 0.901. The van der Waals surface area contributed by atoms with E-state index in [4.69, 9.17) is 4.74 Å². The largest absolute Gasteiger partial charge is 0.457 e. The molecule has 0 bridgehead atoms. The van der Waals surface area contributed by atoms with Gasteiger partial charge in [0.15, 0.2) is 0 Å². The molecule has 0 aliphatic carbocycles. The number of rotatable bonds is 5. The zero-order valence-electron chi connectivity index (χ0n) is 13.8. The molecule has 26 heavy (non-hydrogen) atoms. The molecule has 126 valence electrons. The molecular weight excluding hydrogens is 326 g/mol. The van der Waals surface area contributed by atoms with Gasteiger partial charge in [-0.15, -0.1) is 0 Å². The topological polar surface area (TPSA) is 46.6 Å². The van der Waals surface area contributed by atoms with Gasteiger partial charge in [0.1, 0.15) is 11.5 Å². The van der Waals surface area contributed by atoms with Crippen molar-refractivity contribution in [2.45, 2.75) is 0 Å². The number of nitrogens with zero attached hydrogens (tertiary/aromatic N) is 1. The minimum atomic E-state index is 0.438. The van der Waals surface area contributed by atoms with E-state index in [9.17, 15) is 9.59 Å². The Morgan fingerprint density at radius 1 is 0.692 bits per heavy atom. The van der Waals surface area contributed by atoms with Crippen molar-refractivity contribution in [2.75, 3.05) is 4.90 Å². The molecule has 0 spiro atoms. The minimum absolute atomic E-state index is 0.438. The third-order valence-corrected chi connectivity index (χ3v) is 3.54. The summed E-state index contributed by atoms with van der Waals surface area (Å²) in [5.74, 6) is 7.34. The van der Waals surface area contributed by atoms with E-state index in [0.29, 0.717) is 30.0 Å². The predicted octanol–water partition coefficient (Wildman–Crippen LogP) is 4.00. The summed E-state index contributed by atoms with van der Waals surface area (Å²) in [5.41, 5.74) is 2.20. The highest BCUT2D eigenvalue weighted by Gasteiger charge is 2.05. The zero-order chi connectivity index (χ0) is 18.2. The molecule has 0 fully saturated rings. The van der Waals surface area contributed by atoms with Crippen molar-refractivity contribution in [3.05, 3.63) is 90.0 Å². The van der Waals surface area contributed by atoms with Crippen molar-refractivity contribution in [3.63, 3.8) is 0 Å². The number of imide groups is 1. The SMILES string of the molecule is O=CN(C=O)c1cccc(Oc2cccc(C#Cc3ccccc3)c2)c1. The molecule has 0 aliphatic heterocycles. The van der Waals surface area contributed by atoms with Gasteiger partial charge in [0.25, 0.3) is 0 Å². The lowest BCUT2D eigenvalue weighted by Gasteiger charge is -2.11. The lowest BCUT2D eigenvalue weighted by atomic mass is 10.2. The van der Waals surface area contributed by atoms with Crippen molar-refractivity contribution in [1.29, 1.82) is 0 Å². The Labute approximate surface area is 151 Å². The predicted molar refractivity (Wildman–Crippen MR) is 100.0 cm³/mol. The number of hydrogen-bond acceptors (Lipinski definition) is 3. The Hall–Kier alpha value is -3.84. The average molecular weight is 341 g/mol. The zero-order valence-corrected chi connectivity index (χ0v) is 13.8. The van der Waals surface area contributed by atoms with Gasteiger partial charge in [-0.05, 0) is 42.5 Å². The molecule has 3 rings (SSSR count). The highest BCUT2D eigenvalue weighted by atomic mass is 16.5. The lowest BCUT2D eigenvalue weighted by molar-refractivity contribution is -0.113. The number of hydrogen-bond donors (Lipinski definition) is 0. The van der Waals surface area contributed by atoms with E-state index in [1.807, 2.05) is 54.6 Å². The van der Waals surface area contributed by atoms with Gasteiger partial charge in [-0.3, -0.25) is 14.5 Å². The summed E-state index contributed by atoms with van der Waals surface area (Å²) < 4.78 is 5.82. The lowest BCUT2D eigenvalue weighted by Crippen LogP contribution is -2.17. The van der Waals surface area contributed by atoms with Crippen LogP contribution in [0, 0.1) is 11.8 Å².